The van der Waals surface area contributed by atoms with Crippen molar-refractivity contribution in [2.45, 2.75) is 12.5 Å². The lowest BCUT2D eigenvalue weighted by Gasteiger charge is -2.18. The fourth-order valence-corrected chi connectivity index (χ4v) is 2.39. The van der Waals surface area contributed by atoms with Crippen LogP contribution in [0.5, 0.6) is 0 Å². The summed E-state index contributed by atoms with van der Waals surface area (Å²) in [6.45, 7) is 0.452. The van der Waals surface area contributed by atoms with Crippen molar-refractivity contribution in [1.29, 1.82) is 0 Å². The van der Waals surface area contributed by atoms with Gasteiger partial charge >= 0.3 is 5.97 Å². The average molecular weight is 345 g/mol. The van der Waals surface area contributed by atoms with Crippen LogP contribution >= 0.6 is 0 Å². The first-order valence-electron chi connectivity index (χ1n) is 7.86. The van der Waals surface area contributed by atoms with Gasteiger partial charge in [-0.15, -0.1) is 0 Å². The number of benzene rings is 2. The van der Waals surface area contributed by atoms with Crippen LogP contribution in [0.4, 0.5) is 5.69 Å². The van der Waals surface area contributed by atoms with Gasteiger partial charge in [0.1, 0.15) is 6.04 Å². The Morgan fingerprint density at radius 1 is 1.20 bits per heavy atom. The first-order chi connectivity index (χ1) is 12.0. The molecule has 0 bridgehead atoms. The number of rotatable bonds is 9. The Morgan fingerprint density at radius 2 is 1.92 bits per heavy atom. The second-order valence-electron chi connectivity index (χ2n) is 5.79. The van der Waals surface area contributed by atoms with Gasteiger partial charge in [0.05, 0.1) is 12.3 Å². The molecule has 0 radical (unpaired) electrons. The molecule has 0 aliphatic heterocycles. The van der Waals surface area contributed by atoms with Crippen LogP contribution in [0.25, 0.3) is 10.8 Å². The van der Waals surface area contributed by atoms with E-state index in [4.69, 9.17) is 27.1 Å². The monoisotopic (exact) mass is 345 g/mol. The molecule has 2 rings (SSSR count). The molecule has 134 valence electrons. The Balaban J connectivity index is 1.93. The average Bonchev–Trinajstić information content (AvgIpc) is 2.59. The SMILES string of the molecule is NC(N)=NCC(CONc1ccc2ccccc2c1)C[C@H](N)C(=O)O. The molecule has 0 spiro atoms. The molecule has 0 aromatic heterocycles. The number of nitrogens with two attached hydrogens (primary N) is 3. The normalized spacial score (nSPS) is 13.2. The van der Waals surface area contributed by atoms with E-state index >= 15 is 0 Å². The summed E-state index contributed by atoms with van der Waals surface area (Å²) in [6.07, 6.45) is 0.200. The topological polar surface area (TPSA) is 149 Å². The van der Waals surface area contributed by atoms with Crippen molar-refractivity contribution in [3.05, 3.63) is 42.5 Å². The summed E-state index contributed by atoms with van der Waals surface area (Å²) in [6, 6.07) is 12.8. The minimum atomic E-state index is -1.07. The van der Waals surface area contributed by atoms with E-state index in [1.165, 1.54) is 0 Å². The van der Waals surface area contributed by atoms with Crippen molar-refractivity contribution in [2.24, 2.45) is 28.1 Å². The van der Waals surface area contributed by atoms with Crippen molar-refractivity contribution in [3.8, 4) is 0 Å². The molecule has 25 heavy (non-hydrogen) atoms. The van der Waals surface area contributed by atoms with Gasteiger partial charge in [-0.2, -0.15) is 0 Å². The van der Waals surface area contributed by atoms with E-state index in [2.05, 4.69) is 10.5 Å². The quantitative estimate of drug-likeness (QED) is 0.257. The largest absolute Gasteiger partial charge is 0.480 e. The number of nitrogens with one attached hydrogen (secondary N) is 1. The highest BCUT2D eigenvalue weighted by molar-refractivity contribution is 5.85. The van der Waals surface area contributed by atoms with E-state index in [9.17, 15) is 4.79 Å². The molecule has 0 amide bonds. The van der Waals surface area contributed by atoms with Crippen molar-refractivity contribution in [3.63, 3.8) is 0 Å². The van der Waals surface area contributed by atoms with Crippen LogP contribution in [0.2, 0.25) is 0 Å². The number of hydrogen-bond acceptors (Lipinski definition) is 5. The van der Waals surface area contributed by atoms with Gasteiger partial charge < -0.3 is 22.3 Å². The van der Waals surface area contributed by atoms with Crippen molar-refractivity contribution in [1.82, 2.24) is 0 Å². The van der Waals surface area contributed by atoms with E-state index in [0.717, 1.165) is 16.5 Å². The minimum absolute atomic E-state index is 0.0589. The van der Waals surface area contributed by atoms with Gasteiger partial charge in [0.2, 0.25) is 0 Å². The van der Waals surface area contributed by atoms with E-state index in [-0.39, 0.29) is 31.4 Å². The van der Waals surface area contributed by atoms with Crippen molar-refractivity contribution < 1.29 is 14.7 Å². The number of guanidine groups is 1. The summed E-state index contributed by atoms with van der Waals surface area (Å²) in [5.74, 6) is -1.37. The zero-order valence-corrected chi connectivity index (χ0v) is 13.8. The zero-order chi connectivity index (χ0) is 18.2. The summed E-state index contributed by atoms with van der Waals surface area (Å²) in [5, 5.41) is 11.2. The number of carbonyl (C=O) groups is 1. The minimum Gasteiger partial charge on any atom is -0.480 e. The van der Waals surface area contributed by atoms with Gasteiger partial charge in [0.25, 0.3) is 0 Å². The Morgan fingerprint density at radius 3 is 2.60 bits per heavy atom. The van der Waals surface area contributed by atoms with Crippen LogP contribution in [0, 0.1) is 5.92 Å². The lowest BCUT2D eigenvalue weighted by atomic mass is 10.0. The fourth-order valence-electron chi connectivity index (χ4n) is 2.39. The van der Waals surface area contributed by atoms with Gasteiger partial charge in [-0.1, -0.05) is 30.3 Å². The molecular formula is C17H23N5O3. The second-order valence-corrected chi connectivity index (χ2v) is 5.79. The number of fused-ring (bicyclic) bond motifs is 1. The predicted molar refractivity (Wildman–Crippen MR) is 97.9 cm³/mol. The summed E-state index contributed by atoms with van der Waals surface area (Å²) in [4.78, 5) is 20.3. The maximum absolute atomic E-state index is 10.9. The molecule has 0 fully saturated rings. The van der Waals surface area contributed by atoms with E-state index in [0.29, 0.717) is 0 Å². The molecule has 1 unspecified atom stereocenters. The zero-order valence-electron chi connectivity index (χ0n) is 13.8. The molecule has 8 N–H and O–H groups in total. The van der Waals surface area contributed by atoms with E-state index in [1.54, 1.807) is 0 Å². The number of carboxylic acid groups (broad SMARTS) is 1. The van der Waals surface area contributed by atoms with Crippen molar-refractivity contribution in [2.75, 3.05) is 18.6 Å². The van der Waals surface area contributed by atoms with Crippen molar-refractivity contribution >= 4 is 28.4 Å². The maximum Gasteiger partial charge on any atom is 0.320 e. The van der Waals surface area contributed by atoms with Crippen LogP contribution in [0.3, 0.4) is 0 Å². The lowest BCUT2D eigenvalue weighted by molar-refractivity contribution is -0.139. The Bertz CT molecular complexity index is 746. The molecular weight excluding hydrogens is 322 g/mol. The summed E-state index contributed by atoms with van der Waals surface area (Å²) in [5.41, 5.74) is 19.9. The molecule has 0 saturated heterocycles. The van der Waals surface area contributed by atoms with Gasteiger partial charge in [0.15, 0.2) is 5.96 Å². The molecule has 0 saturated carbocycles. The molecule has 2 aromatic carbocycles. The molecule has 0 aliphatic carbocycles. The van der Waals surface area contributed by atoms with E-state index in [1.807, 2.05) is 42.5 Å². The van der Waals surface area contributed by atoms with Gasteiger partial charge in [-0.05, 0) is 29.3 Å². The third-order valence-corrected chi connectivity index (χ3v) is 3.70. The number of carboxylic acids is 1. The van der Waals surface area contributed by atoms with Crippen LogP contribution in [0.15, 0.2) is 47.5 Å². The second kappa shape index (κ2) is 8.86. The highest BCUT2D eigenvalue weighted by Crippen LogP contribution is 2.19. The number of anilines is 1. The van der Waals surface area contributed by atoms with Gasteiger partial charge in [0, 0.05) is 12.5 Å². The molecule has 2 aromatic rings. The first-order valence-corrected chi connectivity index (χ1v) is 7.86. The lowest BCUT2D eigenvalue weighted by Crippen LogP contribution is -2.35. The fraction of sp³-hybridized carbons (Fsp3) is 0.294. The van der Waals surface area contributed by atoms with Gasteiger partial charge in [-0.25, -0.2) is 0 Å². The molecule has 0 heterocycles. The Labute approximate surface area is 145 Å². The highest BCUT2D eigenvalue weighted by atomic mass is 16.6. The van der Waals surface area contributed by atoms with Gasteiger partial charge in [-0.3, -0.25) is 20.1 Å². The third kappa shape index (κ3) is 5.94. The Hall–Kier alpha value is -2.84. The number of aliphatic imine (C=N–C) groups is 1. The molecule has 2 atom stereocenters. The number of aliphatic carboxylic acids is 1. The summed E-state index contributed by atoms with van der Waals surface area (Å²) < 4.78 is 0. The number of hydrogen-bond donors (Lipinski definition) is 5. The van der Waals surface area contributed by atoms with E-state index < -0.39 is 12.0 Å². The summed E-state index contributed by atoms with van der Waals surface area (Å²) in [7, 11) is 0. The molecule has 8 nitrogen and oxygen atoms in total. The summed E-state index contributed by atoms with van der Waals surface area (Å²) >= 11 is 0. The molecule has 0 aliphatic rings. The van der Waals surface area contributed by atoms with Crippen LogP contribution in [0.1, 0.15) is 6.42 Å². The first kappa shape index (κ1) is 18.5. The maximum atomic E-state index is 10.9. The highest BCUT2D eigenvalue weighted by Gasteiger charge is 2.19. The Kier molecular flexibility index (Phi) is 6.55. The standard InChI is InChI=1S/C17H23N5O3/c18-15(16(23)24)7-11(9-21-17(19)20)10-25-22-14-6-5-12-3-1-2-4-13(12)8-14/h1-6,8,11,15,22H,7,9-10,18H2,(H,23,24)(H4,19,20,21)/t11?,15-/m0/s1. The number of nitrogens with zero attached hydrogens (tertiary/aromatic N) is 1. The predicted octanol–water partition coefficient (Wildman–Crippen LogP) is 0.875. The molecule has 8 heteroatoms. The van der Waals surface area contributed by atoms with Crippen LogP contribution in [-0.2, 0) is 9.63 Å². The van der Waals surface area contributed by atoms with Crippen LogP contribution in [-0.4, -0.2) is 36.2 Å². The smallest absolute Gasteiger partial charge is 0.320 e. The third-order valence-electron chi connectivity index (χ3n) is 3.70. The van der Waals surface area contributed by atoms with Crippen LogP contribution < -0.4 is 22.7 Å².